The zero-order chi connectivity index (χ0) is 34.5. The number of hydrogen-bond donors (Lipinski definition) is 0. The molecule has 0 unspecified atom stereocenters. The molecule has 285 valence electrons. The second-order valence-electron chi connectivity index (χ2n) is 15.0. The Labute approximate surface area is 311 Å². The Morgan fingerprint density at radius 1 is 0.615 bits per heavy atom. The number of amides is 1. The fraction of sp³-hybridized carbons (Fsp3) is 0.675. The molecule has 6 atom stereocenters. The van der Waals surface area contributed by atoms with E-state index in [4.69, 9.17) is 9.47 Å². The molecule has 6 heterocycles. The molecule has 6 saturated heterocycles. The van der Waals surface area contributed by atoms with Crippen LogP contribution >= 0.6 is 0 Å². The van der Waals surface area contributed by atoms with Crippen molar-refractivity contribution in [1.29, 1.82) is 0 Å². The topological polar surface area (TPSA) is 51.7 Å². The quantitative estimate of drug-likeness (QED) is 0.383. The number of piperazine rings is 1. The summed E-state index contributed by atoms with van der Waals surface area (Å²) < 4.78 is 51.8. The van der Waals surface area contributed by atoms with Gasteiger partial charge in [0.15, 0.2) is 0 Å². The molecule has 2 aromatic carbocycles. The molecule has 52 heavy (non-hydrogen) atoms. The van der Waals surface area contributed by atoms with Gasteiger partial charge in [-0.2, -0.15) is 13.2 Å². The molecule has 3 radical (unpaired) electrons. The highest BCUT2D eigenvalue weighted by atomic mass is 19.4. The molecule has 0 aromatic heterocycles. The molecular formula is C40H58BF3N5O3. The number of carbonyl (C=O) groups is 1. The van der Waals surface area contributed by atoms with Gasteiger partial charge in [-0.25, -0.2) is 0 Å². The van der Waals surface area contributed by atoms with E-state index >= 15 is 0 Å². The number of ether oxygens (including phenoxy) is 2. The van der Waals surface area contributed by atoms with Crippen LogP contribution in [0.15, 0.2) is 60.7 Å². The normalized spacial score (nSPS) is 30.2. The number of halogens is 3. The maximum atomic E-state index is 13.3. The van der Waals surface area contributed by atoms with Gasteiger partial charge in [0.25, 0.3) is 0 Å². The third kappa shape index (κ3) is 9.42. The van der Waals surface area contributed by atoms with Crippen LogP contribution in [0.5, 0.6) is 0 Å². The molecule has 0 spiro atoms. The Hall–Kier alpha value is -2.48. The Kier molecular flexibility index (Phi) is 14.7. The fourth-order valence-corrected chi connectivity index (χ4v) is 9.59. The summed E-state index contributed by atoms with van der Waals surface area (Å²) in [5.41, 5.74) is 2.55. The van der Waals surface area contributed by atoms with Crippen LogP contribution in [-0.2, 0) is 27.4 Å². The molecule has 0 bridgehead atoms. The first-order chi connectivity index (χ1) is 24.4. The smallest absolute Gasteiger partial charge is 0.378 e. The third-order valence-corrected chi connectivity index (χ3v) is 12.0. The van der Waals surface area contributed by atoms with Crippen LogP contribution in [-0.4, -0.2) is 147 Å². The first kappa shape index (κ1) is 40.7. The van der Waals surface area contributed by atoms with Crippen molar-refractivity contribution in [3.05, 3.63) is 71.8 Å². The van der Waals surface area contributed by atoms with Gasteiger partial charge in [-0.1, -0.05) is 68.1 Å². The second-order valence-corrected chi connectivity index (χ2v) is 15.0. The van der Waals surface area contributed by atoms with Crippen LogP contribution in [0, 0.1) is 5.92 Å². The first-order valence-corrected chi connectivity index (χ1v) is 18.9. The number of benzene rings is 2. The summed E-state index contributed by atoms with van der Waals surface area (Å²) in [6.07, 6.45) is 2.71. The highest BCUT2D eigenvalue weighted by Gasteiger charge is 2.53. The maximum Gasteiger partial charge on any atom is 0.471 e. The second kappa shape index (κ2) is 18.7. The third-order valence-electron chi connectivity index (χ3n) is 12.0. The van der Waals surface area contributed by atoms with Gasteiger partial charge in [0.05, 0.1) is 44.6 Å². The number of fused-ring (bicyclic) bond motifs is 2. The van der Waals surface area contributed by atoms with Crippen molar-refractivity contribution in [3.8, 4) is 0 Å². The summed E-state index contributed by atoms with van der Waals surface area (Å²) in [6, 6.07) is 21.2. The Morgan fingerprint density at radius 3 is 1.65 bits per heavy atom. The number of carbonyl (C=O) groups excluding carboxylic acids is 1. The number of piperidine rings is 1. The highest BCUT2D eigenvalue weighted by Crippen LogP contribution is 2.35. The molecule has 0 aliphatic carbocycles. The van der Waals surface area contributed by atoms with Crippen LogP contribution in [0.3, 0.4) is 0 Å². The van der Waals surface area contributed by atoms with Crippen molar-refractivity contribution >= 4 is 14.3 Å². The van der Waals surface area contributed by atoms with Gasteiger partial charge in [0.2, 0.25) is 0 Å². The molecule has 6 fully saturated rings. The molecule has 6 aliphatic rings. The van der Waals surface area contributed by atoms with E-state index in [2.05, 4.69) is 49.9 Å². The van der Waals surface area contributed by atoms with Gasteiger partial charge in [-0.05, 0) is 88.3 Å². The van der Waals surface area contributed by atoms with E-state index in [1.54, 1.807) is 0 Å². The van der Waals surface area contributed by atoms with E-state index in [-0.39, 0.29) is 34.5 Å². The summed E-state index contributed by atoms with van der Waals surface area (Å²) >= 11 is 0. The zero-order valence-corrected chi connectivity index (χ0v) is 29.8. The number of hydrogen-bond acceptors (Lipinski definition) is 7. The zero-order valence-electron chi connectivity index (χ0n) is 29.8. The minimum absolute atomic E-state index is 0. The Balaban J connectivity index is 0.000000198. The van der Waals surface area contributed by atoms with Crippen molar-refractivity contribution in [1.82, 2.24) is 24.5 Å². The van der Waals surface area contributed by atoms with Gasteiger partial charge in [-0.15, -0.1) is 0 Å². The van der Waals surface area contributed by atoms with Crippen LogP contribution < -0.4 is 0 Å². The fourth-order valence-electron chi connectivity index (χ4n) is 9.59. The van der Waals surface area contributed by atoms with Crippen LogP contribution in [0.2, 0.25) is 0 Å². The maximum absolute atomic E-state index is 13.3. The number of rotatable bonds is 6. The van der Waals surface area contributed by atoms with Crippen molar-refractivity contribution in [2.24, 2.45) is 5.92 Å². The molecule has 1 amide bonds. The van der Waals surface area contributed by atoms with E-state index in [1.807, 2.05) is 30.3 Å². The van der Waals surface area contributed by atoms with Crippen LogP contribution in [0.25, 0.3) is 0 Å². The van der Waals surface area contributed by atoms with E-state index in [0.717, 1.165) is 62.1 Å². The summed E-state index contributed by atoms with van der Waals surface area (Å²) in [5.74, 6) is -0.905. The van der Waals surface area contributed by atoms with Crippen molar-refractivity contribution in [2.75, 3.05) is 72.2 Å². The average molecular weight is 725 g/mol. The molecule has 8 nitrogen and oxygen atoms in total. The Morgan fingerprint density at radius 2 is 1.10 bits per heavy atom. The van der Waals surface area contributed by atoms with E-state index < -0.39 is 18.1 Å². The number of likely N-dealkylation sites (tertiary alicyclic amines) is 3. The first-order valence-electron chi connectivity index (χ1n) is 18.9. The molecule has 6 aliphatic heterocycles. The van der Waals surface area contributed by atoms with E-state index in [9.17, 15) is 18.0 Å². The van der Waals surface area contributed by atoms with Gasteiger partial charge in [0, 0.05) is 46.7 Å². The van der Waals surface area contributed by atoms with Crippen molar-refractivity contribution in [3.63, 3.8) is 0 Å². The number of alkyl halides is 3. The standard InChI is InChI=1S/C20H26F3N3O2.C19H28N2O.CH4.B/c21-20(22,23)19(27)26-11-10-25(12-15-6-2-1-3-7-15)17-14-28-13-16(18(17)26)24-8-4-5-9-24;1-2-7-16(8-3-1)13-21-12-6-9-17-18(14-22-15-19(17)21)20-10-4-5-11-20;;/h1-3,6-7,16-18H,4-5,8-14H2;1-3,7-8,17-19H,4-6,9-15H2;1H4;/t16-,17+,18+;17-,18+,19-;;/m01../s1. The lowest BCUT2D eigenvalue weighted by Gasteiger charge is -2.54. The van der Waals surface area contributed by atoms with Gasteiger partial charge in [0.1, 0.15) is 0 Å². The number of nitrogens with zero attached hydrogens (tertiary/aromatic N) is 5. The lowest BCUT2D eigenvalue weighted by Crippen LogP contribution is -2.72. The van der Waals surface area contributed by atoms with Gasteiger partial charge >= 0.3 is 12.1 Å². The minimum Gasteiger partial charge on any atom is -0.378 e. The summed E-state index contributed by atoms with van der Waals surface area (Å²) in [4.78, 5) is 23.1. The molecular weight excluding hydrogens is 666 g/mol. The lowest BCUT2D eigenvalue weighted by molar-refractivity contribution is -0.200. The summed E-state index contributed by atoms with van der Waals surface area (Å²) in [5, 5.41) is 0. The SMILES string of the molecule is C.O=C(N1CCN(Cc2ccccc2)[C@@H]2COC[C@H](N3CCCC3)[C@H]21)C(F)(F)F.[B].c1ccc(CN2CCC[C@H]3[C@H]2COC[C@@H]3N2CCCC2)cc1. The molecule has 0 N–H and O–H groups in total. The molecule has 12 heteroatoms. The summed E-state index contributed by atoms with van der Waals surface area (Å²) in [7, 11) is 0. The predicted octanol–water partition coefficient (Wildman–Crippen LogP) is 5.14. The molecule has 8 rings (SSSR count). The molecule has 2 aromatic rings. The monoisotopic (exact) mass is 724 g/mol. The largest absolute Gasteiger partial charge is 0.471 e. The minimum atomic E-state index is -4.85. The van der Waals surface area contributed by atoms with Gasteiger partial charge < -0.3 is 14.4 Å². The Bertz CT molecular complexity index is 1370. The van der Waals surface area contributed by atoms with Crippen LogP contribution in [0.1, 0.15) is 57.1 Å². The lowest BCUT2D eigenvalue weighted by atomic mass is 9.81. The highest BCUT2D eigenvalue weighted by molar-refractivity contribution is 5.82. The predicted molar refractivity (Wildman–Crippen MR) is 199 cm³/mol. The van der Waals surface area contributed by atoms with Crippen molar-refractivity contribution < 1.29 is 27.4 Å². The van der Waals surface area contributed by atoms with Crippen LogP contribution in [0.4, 0.5) is 13.2 Å². The summed E-state index contributed by atoms with van der Waals surface area (Å²) in [6.45, 7) is 10.4. The average Bonchev–Trinajstić information content (AvgIpc) is 3.88. The van der Waals surface area contributed by atoms with Crippen molar-refractivity contribution in [2.45, 2.75) is 95.4 Å². The van der Waals surface area contributed by atoms with Gasteiger partial charge in [-0.3, -0.25) is 24.4 Å². The molecule has 0 saturated carbocycles. The van der Waals surface area contributed by atoms with E-state index in [0.29, 0.717) is 38.4 Å². The van der Waals surface area contributed by atoms with E-state index in [1.165, 1.54) is 50.9 Å².